The van der Waals surface area contributed by atoms with E-state index in [4.69, 9.17) is 20.8 Å². The lowest BCUT2D eigenvalue weighted by molar-refractivity contribution is -0.128. The Hall–Kier alpha value is -2.47. The molecule has 0 saturated heterocycles. The Morgan fingerprint density at radius 3 is 2.68 bits per heavy atom. The van der Waals surface area contributed by atoms with Crippen molar-refractivity contribution in [2.24, 2.45) is 0 Å². The van der Waals surface area contributed by atoms with E-state index in [1.807, 2.05) is 6.92 Å². The molecule has 22 heavy (non-hydrogen) atoms. The highest BCUT2D eigenvalue weighted by molar-refractivity contribution is 6.30. The van der Waals surface area contributed by atoms with Gasteiger partial charge < -0.3 is 9.15 Å². The zero-order chi connectivity index (χ0) is 16.1. The predicted octanol–water partition coefficient (Wildman–Crippen LogP) is 2.47. The molecule has 7 heteroatoms. The van der Waals surface area contributed by atoms with Crippen molar-refractivity contribution in [3.05, 3.63) is 52.9 Å². The molecule has 0 fully saturated rings. The smallest absolute Gasteiger partial charge is 0.305 e. The first-order valence-electron chi connectivity index (χ1n) is 6.54. The molecule has 2 N–H and O–H groups in total. The third-order valence-electron chi connectivity index (χ3n) is 2.85. The summed E-state index contributed by atoms with van der Waals surface area (Å²) in [5.41, 5.74) is 5.33. The van der Waals surface area contributed by atoms with Gasteiger partial charge in [0.25, 0.3) is 5.91 Å². The fourth-order valence-corrected chi connectivity index (χ4v) is 1.91. The van der Waals surface area contributed by atoms with Gasteiger partial charge in [-0.3, -0.25) is 20.4 Å². The number of hydrogen-bond donors (Lipinski definition) is 2. The maximum atomic E-state index is 11.9. The summed E-state index contributed by atoms with van der Waals surface area (Å²) < 4.78 is 10.4. The van der Waals surface area contributed by atoms with Crippen LogP contribution < -0.4 is 15.6 Å². The summed E-state index contributed by atoms with van der Waals surface area (Å²) in [6.07, 6.45) is 0.572. The van der Waals surface area contributed by atoms with E-state index in [9.17, 15) is 9.59 Å². The van der Waals surface area contributed by atoms with Crippen LogP contribution in [0.2, 0.25) is 5.02 Å². The van der Waals surface area contributed by atoms with E-state index < -0.39 is 17.9 Å². The molecule has 1 atom stereocenters. The van der Waals surface area contributed by atoms with Gasteiger partial charge in [0, 0.05) is 5.02 Å². The summed E-state index contributed by atoms with van der Waals surface area (Å²) >= 11 is 5.86. The number of hydrazine groups is 1. The summed E-state index contributed by atoms with van der Waals surface area (Å²) in [4.78, 5) is 23.5. The van der Waals surface area contributed by atoms with Gasteiger partial charge in [-0.2, -0.15) is 0 Å². The largest absolute Gasteiger partial charge is 0.481 e. The lowest BCUT2D eigenvalue weighted by Crippen LogP contribution is -2.47. The summed E-state index contributed by atoms with van der Waals surface area (Å²) in [7, 11) is 0. The second-order valence-corrected chi connectivity index (χ2v) is 5.03. The van der Waals surface area contributed by atoms with E-state index in [0.29, 0.717) is 10.8 Å². The Morgan fingerprint density at radius 2 is 2.05 bits per heavy atom. The summed E-state index contributed by atoms with van der Waals surface area (Å²) in [5.74, 6) is -0.394. The number of ether oxygens (including phenoxy) is 1. The van der Waals surface area contributed by atoms with Gasteiger partial charge in [-0.15, -0.1) is 0 Å². The van der Waals surface area contributed by atoms with Crippen molar-refractivity contribution in [1.29, 1.82) is 0 Å². The second-order valence-electron chi connectivity index (χ2n) is 4.59. The molecule has 0 spiro atoms. The molecule has 2 rings (SSSR count). The third-order valence-corrected chi connectivity index (χ3v) is 3.09. The van der Waals surface area contributed by atoms with Crippen molar-refractivity contribution < 1.29 is 18.7 Å². The predicted molar refractivity (Wildman–Crippen MR) is 80.6 cm³/mol. The lowest BCUT2D eigenvalue weighted by atomic mass is 10.2. The number of nitrogens with one attached hydrogen (secondary N) is 2. The maximum absolute atomic E-state index is 11.9. The van der Waals surface area contributed by atoms with Crippen LogP contribution in [-0.2, 0) is 4.79 Å². The van der Waals surface area contributed by atoms with Crippen LogP contribution in [0.15, 0.2) is 41.0 Å². The quantitative estimate of drug-likeness (QED) is 0.847. The number of carbonyl (C=O) groups excluding carboxylic acids is 2. The molecule has 1 aromatic carbocycles. The second kappa shape index (κ2) is 7.00. The first-order valence-corrected chi connectivity index (χ1v) is 6.91. The molecule has 1 aromatic heterocycles. The number of furan rings is 1. The zero-order valence-electron chi connectivity index (χ0n) is 12.1. The van der Waals surface area contributed by atoms with Crippen molar-refractivity contribution in [3.8, 4) is 5.75 Å². The zero-order valence-corrected chi connectivity index (χ0v) is 12.8. The highest BCUT2D eigenvalue weighted by Gasteiger charge is 2.17. The van der Waals surface area contributed by atoms with E-state index in [-0.39, 0.29) is 5.76 Å². The SMILES string of the molecule is Cc1cc(Cl)ccc1OC(C)C(=O)NNC(=O)c1ccco1. The first-order chi connectivity index (χ1) is 10.5. The average Bonchev–Trinajstić information content (AvgIpc) is 3.01. The van der Waals surface area contributed by atoms with Crippen molar-refractivity contribution in [3.63, 3.8) is 0 Å². The van der Waals surface area contributed by atoms with Gasteiger partial charge in [0.2, 0.25) is 0 Å². The van der Waals surface area contributed by atoms with Gasteiger partial charge in [-0.25, -0.2) is 0 Å². The number of halogens is 1. The minimum atomic E-state index is -0.795. The molecule has 0 bridgehead atoms. The standard InChI is InChI=1S/C15H15ClN2O4/c1-9-8-11(16)5-6-12(9)22-10(2)14(19)17-18-15(20)13-4-3-7-21-13/h3-8,10H,1-2H3,(H,17,19)(H,18,20). The molecule has 2 amide bonds. The number of aryl methyl sites for hydroxylation is 1. The number of hydrogen-bond acceptors (Lipinski definition) is 4. The highest BCUT2D eigenvalue weighted by atomic mass is 35.5. The van der Waals surface area contributed by atoms with E-state index in [1.54, 1.807) is 31.2 Å². The van der Waals surface area contributed by atoms with Crippen molar-refractivity contribution in [2.75, 3.05) is 0 Å². The maximum Gasteiger partial charge on any atom is 0.305 e. The Morgan fingerprint density at radius 1 is 1.27 bits per heavy atom. The first kappa shape index (κ1) is 15.9. The van der Waals surface area contributed by atoms with Crippen LogP contribution in [0.3, 0.4) is 0 Å². The number of benzene rings is 1. The van der Waals surface area contributed by atoms with Crippen molar-refractivity contribution in [1.82, 2.24) is 10.9 Å². The molecular formula is C15H15ClN2O4. The molecule has 2 aromatic rings. The average molecular weight is 323 g/mol. The molecule has 116 valence electrons. The van der Waals surface area contributed by atoms with Gasteiger partial charge >= 0.3 is 5.91 Å². The number of rotatable bonds is 4. The van der Waals surface area contributed by atoms with Gasteiger partial charge in [0.05, 0.1) is 6.26 Å². The minimum Gasteiger partial charge on any atom is -0.481 e. The summed E-state index contributed by atoms with van der Waals surface area (Å²) in [5, 5.41) is 0.590. The molecular weight excluding hydrogens is 308 g/mol. The molecule has 1 unspecified atom stereocenters. The van der Waals surface area contributed by atoms with Gasteiger partial charge in [0.15, 0.2) is 11.9 Å². The Bertz CT molecular complexity index is 670. The fourth-order valence-electron chi connectivity index (χ4n) is 1.68. The van der Waals surface area contributed by atoms with E-state index in [1.165, 1.54) is 12.3 Å². The Kier molecular flexibility index (Phi) is 5.06. The van der Waals surface area contributed by atoms with Gasteiger partial charge in [-0.05, 0) is 49.7 Å². The summed E-state index contributed by atoms with van der Waals surface area (Å²) in [6.45, 7) is 3.40. The molecule has 6 nitrogen and oxygen atoms in total. The Labute approximate surface area is 132 Å². The van der Waals surface area contributed by atoms with E-state index in [2.05, 4.69) is 10.9 Å². The minimum absolute atomic E-state index is 0.0995. The van der Waals surface area contributed by atoms with Crippen LogP contribution in [0.4, 0.5) is 0 Å². The normalized spacial score (nSPS) is 11.6. The van der Waals surface area contributed by atoms with E-state index >= 15 is 0 Å². The molecule has 0 radical (unpaired) electrons. The number of carbonyl (C=O) groups is 2. The lowest BCUT2D eigenvalue weighted by Gasteiger charge is -2.16. The fraction of sp³-hybridized carbons (Fsp3) is 0.200. The third kappa shape index (κ3) is 4.02. The van der Waals surface area contributed by atoms with Gasteiger partial charge in [0.1, 0.15) is 5.75 Å². The summed E-state index contributed by atoms with van der Waals surface area (Å²) in [6, 6.07) is 8.15. The van der Waals surface area contributed by atoms with Crippen LogP contribution in [-0.4, -0.2) is 17.9 Å². The van der Waals surface area contributed by atoms with Crippen LogP contribution in [0.5, 0.6) is 5.75 Å². The van der Waals surface area contributed by atoms with Crippen LogP contribution in [0.1, 0.15) is 23.0 Å². The van der Waals surface area contributed by atoms with Gasteiger partial charge in [-0.1, -0.05) is 11.6 Å². The van der Waals surface area contributed by atoms with E-state index in [0.717, 1.165) is 5.56 Å². The van der Waals surface area contributed by atoms with Crippen LogP contribution in [0.25, 0.3) is 0 Å². The Balaban J connectivity index is 1.88. The molecule has 0 saturated carbocycles. The molecule has 1 heterocycles. The van der Waals surface area contributed by atoms with Crippen LogP contribution >= 0.6 is 11.6 Å². The highest BCUT2D eigenvalue weighted by Crippen LogP contribution is 2.22. The molecule has 0 aliphatic carbocycles. The molecule has 0 aliphatic rings. The molecule has 0 aliphatic heterocycles. The monoisotopic (exact) mass is 322 g/mol. The van der Waals surface area contributed by atoms with Crippen LogP contribution in [0, 0.1) is 6.92 Å². The topological polar surface area (TPSA) is 80.6 Å². The van der Waals surface area contributed by atoms with Crippen molar-refractivity contribution >= 4 is 23.4 Å². The number of amides is 2. The van der Waals surface area contributed by atoms with Crippen molar-refractivity contribution in [2.45, 2.75) is 20.0 Å².